The van der Waals surface area contributed by atoms with Crippen molar-refractivity contribution < 1.29 is 32.1 Å². The molecular formula is C18H21N3O9S. The van der Waals surface area contributed by atoms with E-state index in [-0.39, 0.29) is 34.8 Å². The highest BCUT2D eigenvalue weighted by atomic mass is 32.2. The molecule has 2 heterocycles. The third-order valence-electron chi connectivity index (χ3n) is 5.08. The molecule has 1 amide bonds. The van der Waals surface area contributed by atoms with Crippen molar-refractivity contribution in [2.24, 2.45) is 0 Å². The van der Waals surface area contributed by atoms with Crippen LogP contribution >= 0.6 is 0 Å². The number of non-ortho nitro benzene ring substituents is 1. The molecule has 0 spiro atoms. The molecule has 0 radical (unpaired) electrons. The van der Waals surface area contributed by atoms with Crippen LogP contribution in [-0.2, 0) is 30.7 Å². The van der Waals surface area contributed by atoms with Crippen molar-refractivity contribution in [2.75, 3.05) is 18.1 Å². The van der Waals surface area contributed by atoms with Crippen molar-refractivity contribution in [1.82, 2.24) is 9.47 Å². The van der Waals surface area contributed by atoms with Crippen LogP contribution < -0.4 is 5.76 Å². The Morgan fingerprint density at radius 3 is 2.71 bits per heavy atom. The van der Waals surface area contributed by atoms with E-state index >= 15 is 0 Å². The number of ether oxygens (including phenoxy) is 1. The number of aromatic nitrogens is 1. The number of carbonyl (C=O) groups excluding carboxylic acids is 2. The molecule has 2 aromatic rings. The first-order valence-corrected chi connectivity index (χ1v) is 11.3. The first kappa shape index (κ1) is 22.5. The minimum Gasteiger partial charge on any atom is -0.451 e. The van der Waals surface area contributed by atoms with E-state index in [1.807, 2.05) is 0 Å². The van der Waals surface area contributed by atoms with Crippen LogP contribution in [0.5, 0.6) is 0 Å². The first-order valence-electron chi connectivity index (χ1n) is 9.50. The van der Waals surface area contributed by atoms with Gasteiger partial charge in [0, 0.05) is 18.7 Å². The number of carbonyl (C=O) groups is 2. The maximum Gasteiger partial charge on any atom is 0.420 e. The standard InChI is InChI=1S/C18H21N3O9S/c1-3-19(13-6-7-31(27,28)10-13)17(23)11(2)29-16(22)9-20-14-5-4-12(21(25)26)8-15(14)30-18(20)24/h4-5,8,11,13H,3,6-7,9-10H2,1-2H3. The predicted molar refractivity (Wildman–Crippen MR) is 107 cm³/mol. The highest BCUT2D eigenvalue weighted by molar-refractivity contribution is 7.91. The molecule has 1 fully saturated rings. The van der Waals surface area contributed by atoms with Gasteiger partial charge in [0.25, 0.3) is 11.6 Å². The molecule has 2 atom stereocenters. The summed E-state index contributed by atoms with van der Waals surface area (Å²) in [5, 5.41) is 10.8. The van der Waals surface area contributed by atoms with E-state index < -0.39 is 51.1 Å². The molecule has 1 aliphatic heterocycles. The lowest BCUT2D eigenvalue weighted by Crippen LogP contribution is -2.46. The number of benzene rings is 1. The molecule has 1 saturated heterocycles. The van der Waals surface area contributed by atoms with Gasteiger partial charge in [0.2, 0.25) is 0 Å². The number of amides is 1. The third kappa shape index (κ3) is 4.76. The first-order chi connectivity index (χ1) is 14.5. The van der Waals surface area contributed by atoms with Crippen LogP contribution in [0.3, 0.4) is 0 Å². The topological polar surface area (TPSA) is 159 Å². The Morgan fingerprint density at radius 1 is 1.42 bits per heavy atom. The van der Waals surface area contributed by atoms with Crippen molar-refractivity contribution in [1.29, 1.82) is 0 Å². The van der Waals surface area contributed by atoms with Crippen molar-refractivity contribution in [3.8, 4) is 0 Å². The van der Waals surface area contributed by atoms with Crippen LogP contribution in [0.1, 0.15) is 20.3 Å². The zero-order valence-corrected chi connectivity index (χ0v) is 17.7. The van der Waals surface area contributed by atoms with E-state index in [4.69, 9.17) is 9.15 Å². The number of fused-ring (bicyclic) bond motifs is 1. The van der Waals surface area contributed by atoms with E-state index in [0.717, 1.165) is 10.6 Å². The van der Waals surface area contributed by atoms with Crippen LogP contribution in [0, 0.1) is 10.1 Å². The zero-order valence-electron chi connectivity index (χ0n) is 16.8. The van der Waals surface area contributed by atoms with E-state index in [1.165, 1.54) is 24.0 Å². The van der Waals surface area contributed by atoms with Gasteiger partial charge in [0.1, 0.15) is 6.54 Å². The summed E-state index contributed by atoms with van der Waals surface area (Å²) in [5.41, 5.74) is -0.169. The summed E-state index contributed by atoms with van der Waals surface area (Å²) in [6.45, 7) is 2.76. The quantitative estimate of drug-likeness (QED) is 0.328. The largest absolute Gasteiger partial charge is 0.451 e. The maximum absolute atomic E-state index is 12.7. The smallest absolute Gasteiger partial charge is 0.420 e. The molecule has 1 aliphatic rings. The minimum atomic E-state index is -3.19. The molecule has 0 bridgehead atoms. The number of sulfone groups is 1. The second kappa shape index (κ2) is 8.49. The minimum absolute atomic E-state index is 0.00422. The molecule has 13 heteroatoms. The zero-order chi connectivity index (χ0) is 22.9. The Hall–Kier alpha value is -3.22. The molecular weight excluding hydrogens is 434 g/mol. The summed E-state index contributed by atoms with van der Waals surface area (Å²) >= 11 is 0. The molecule has 0 saturated carbocycles. The monoisotopic (exact) mass is 455 g/mol. The van der Waals surface area contributed by atoms with Gasteiger partial charge in [-0.2, -0.15) is 0 Å². The van der Waals surface area contributed by atoms with Gasteiger partial charge in [-0.15, -0.1) is 0 Å². The van der Waals surface area contributed by atoms with Crippen molar-refractivity contribution >= 4 is 38.5 Å². The highest BCUT2D eigenvalue weighted by Crippen LogP contribution is 2.21. The lowest BCUT2D eigenvalue weighted by atomic mass is 10.2. The molecule has 0 N–H and O–H groups in total. The number of oxazole rings is 1. The average molecular weight is 455 g/mol. The summed E-state index contributed by atoms with van der Waals surface area (Å²) in [7, 11) is -3.19. The number of esters is 1. The Morgan fingerprint density at radius 2 is 2.13 bits per heavy atom. The van der Waals surface area contributed by atoms with Crippen molar-refractivity contribution in [2.45, 2.75) is 39.0 Å². The van der Waals surface area contributed by atoms with E-state index in [2.05, 4.69) is 0 Å². The number of hydrogen-bond acceptors (Lipinski definition) is 9. The van der Waals surface area contributed by atoms with Gasteiger partial charge >= 0.3 is 11.7 Å². The van der Waals surface area contributed by atoms with Crippen molar-refractivity contribution in [3.05, 3.63) is 38.9 Å². The summed E-state index contributed by atoms with van der Waals surface area (Å²) in [4.78, 5) is 48.7. The molecule has 1 aromatic heterocycles. The number of nitrogens with zero attached hydrogens (tertiary/aromatic N) is 3. The van der Waals surface area contributed by atoms with Crippen LogP contribution in [-0.4, -0.2) is 64.9 Å². The van der Waals surface area contributed by atoms with Crippen LogP contribution in [0.4, 0.5) is 5.69 Å². The molecule has 2 unspecified atom stereocenters. The fourth-order valence-electron chi connectivity index (χ4n) is 3.58. The summed E-state index contributed by atoms with van der Waals surface area (Å²) < 4.78 is 34.5. The van der Waals surface area contributed by atoms with Gasteiger partial charge < -0.3 is 14.1 Å². The van der Waals surface area contributed by atoms with Gasteiger partial charge in [-0.05, 0) is 26.3 Å². The lowest BCUT2D eigenvalue weighted by molar-refractivity contribution is -0.384. The summed E-state index contributed by atoms with van der Waals surface area (Å²) in [6.07, 6.45) is -0.865. The van der Waals surface area contributed by atoms with Gasteiger partial charge in [-0.25, -0.2) is 13.2 Å². The molecule has 12 nitrogen and oxygen atoms in total. The second-order valence-electron chi connectivity index (χ2n) is 7.18. The highest BCUT2D eigenvalue weighted by Gasteiger charge is 2.36. The summed E-state index contributed by atoms with van der Waals surface area (Å²) in [6, 6.07) is 3.04. The maximum atomic E-state index is 12.7. The van der Waals surface area contributed by atoms with Gasteiger partial charge in [-0.1, -0.05) is 0 Å². The van der Waals surface area contributed by atoms with Crippen LogP contribution in [0.2, 0.25) is 0 Å². The summed E-state index contributed by atoms with van der Waals surface area (Å²) in [5.74, 6) is -2.45. The fraction of sp³-hybridized carbons (Fsp3) is 0.500. The molecule has 31 heavy (non-hydrogen) atoms. The molecule has 1 aromatic carbocycles. The molecule has 168 valence electrons. The fourth-order valence-corrected chi connectivity index (χ4v) is 5.31. The number of nitro benzene ring substituents is 1. The van der Waals surface area contributed by atoms with Crippen LogP contribution in [0.25, 0.3) is 11.1 Å². The number of rotatable bonds is 7. The molecule has 0 aliphatic carbocycles. The Labute approximate surface area is 176 Å². The Bertz CT molecular complexity index is 1200. The average Bonchev–Trinajstić information content (AvgIpc) is 3.20. The van der Waals surface area contributed by atoms with E-state index in [1.54, 1.807) is 6.92 Å². The predicted octanol–water partition coefficient (Wildman–Crippen LogP) is 0.470. The Balaban J connectivity index is 1.70. The third-order valence-corrected chi connectivity index (χ3v) is 6.83. The number of nitro groups is 1. The van der Waals surface area contributed by atoms with Crippen LogP contribution in [0.15, 0.2) is 27.4 Å². The van der Waals surface area contributed by atoms with E-state index in [9.17, 15) is 32.9 Å². The van der Waals surface area contributed by atoms with Crippen molar-refractivity contribution in [3.63, 3.8) is 0 Å². The Kier molecular flexibility index (Phi) is 6.15. The molecule has 3 rings (SSSR count). The van der Waals surface area contributed by atoms with Gasteiger partial charge in [0.05, 0.1) is 28.0 Å². The lowest BCUT2D eigenvalue weighted by Gasteiger charge is -2.29. The second-order valence-corrected chi connectivity index (χ2v) is 9.41. The van der Waals surface area contributed by atoms with Gasteiger partial charge in [0.15, 0.2) is 21.5 Å². The van der Waals surface area contributed by atoms with E-state index in [0.29, 0.717) is 6.42 Å². The normalized spacial score (nSPS) is 18.6. The van der Waals surface area contributed by atoms with Gasteiger partial charge in [-0.3, -0.25) is 24.3 Å². The SMILES string of the molecule is CCN(C(=O)C(C)OC(=O)Cn1c(=O)oc2cc([N+](=O)[O-])ccc21)C1CCS(=O)(=O)C1. The number of likely N-dealkylation sites (N-methyl/N-ethyl adjacent to an activating group) is 1. The number of hydrogen-bond donors (Lipinski definition) is 0.